The number of benzene rings is 1. The number of likely N-dealkylation sites (N-methyl/N-ethyl adjacent to an activating group) is 1. The molecule has 1 aromatic carbocycles. The topological polar surface area (TPSA) is 29.1 Å². The molecular formula is C23H40FN2O+. The van der Waals surface area contributed by atoms with Crippen molar-refractivity contribution in [2.45, 2.75) is 85.6 Å². The highest BCUT2D eigenvalue weighted by Gasteiger charge is 2.57. The molecule has 1 N–H and O–H groups in total. The van der Waals surface area contributed by atoms with Gasteiger partial charge in [-0.15, -0.1) is 0 Å². The average molecular weight is 380 g/mol. The van der Waals surface area contributed by atoms with Crippen LogP contribution in [0.1, 0.15) is 77.3 Å². The Balaban J connectivity index is 0.00000176. The second kappa shape index (κ2) is 10.2. The fourth-order valence-corrected chi connectivity index (χ4v) is 4.40. The van der Waals surface area contributed by atoms with Crippen LogP contribution in [0.25, 0.3) is 0 Å². The number of amides is 1. The van der Waals surface area contributed by atoms with E-state index in [-0.39, 0.29) is 17.3 Å². The summed E-state index contributed by atoms with van der Waals surface area (Å²) < 4.78 is 14.4. The van der Waals surface area contributed by atoms with E-state index < -0.39 is 0 Å². The Morgan fingerprint density at radius 2 is 1.67 bits per heavy atom. The molecule has 0 aliphatic heterocycles. The summed E-state index contributed by atoms with van der Waals surface area (Å²) in [5.74, 6) is -0.135. The number of hydrogen-bond donors (Lipinski definition) is 1. The number of unbranched alkanes of at least 4 members (excludes halogenated alkanes) is 1. The zero-order valence-corrected chi connectivity index (χ0v) is 18.5. The molecule has 0 aromatic heterocycles. The molecule has 1 fully saturated rings. The average Bonchev–Trinajstić information content (AvgIpc) is 2.57. The predicted octanol–water partition coefficient (Wildman–Crippen LogP) is 5.99. The first-order valence-corrected chi connectivity index (χ1v) is 10.7. The van der Waals surface area contributed by atoms with Crippen molar-refractivity contribution in [2.75, 3.05) is 25.5 Å². The van der Waals surface area contributed by atoms with Crippen LogP contribution in [-0.4, -0.2) is 36.1 Å². The summed E-state index contributed by atoms with van der Waals surface area (Å²) in [6.07, 6.45) is 6.35. The highest BCUT2D eigenvalue weighted by Crippen LogP contribution is 2.43. The molecule has 2 rings (SSSR count). The molecular weight excluding hydrogens is 339 g/mol. The number of nitrogens with one attached hydrogen (secondary N) is 1. The smallest absolute Gasteiger partial charge is 0.285 e. The van der Waals surface area contributed by atoms with Crippen LogP contribution in [0.3, 0.4) is 0 Å². The minimum absolute atomic E-state index is 0.114. The number of nitrogens with zero attached hydrogens (tertiary/aromatic N) is 1. The summed E-state index contributed by atoms with van der Waals surface area (Å²) in [5, 5.41) is 3.17. The van der Waals surface area contributed by atoms with E-state index in [1.807, 2.05) is 27.7 Å². The van der Waals surface area contributed by atoms with Gasteiger partial charge in [0, 0.05) is 18.5 Å². The fraction of sp³-hybridized carbons (Fsp3) is 0.696. The van der Waals surface area contributed by atoms with Crippen molar-refractivity contribution in [3.8, 4) is 0 Å². The van der Waals surface area contributed by atoms with Crippen LogP contribution >= 0.6 is 0 Å². The lowest BCUT2D eigenvalue weighted by atomic mass is 9.72. The van der Waals surface area contributed by atoms with Gasteiger partial charge in [-0.2, -0.15) is 0 Å². The van der Waals surface area contributed by atoms with Gasteiger partial charge in [0.1, 0.15) is 5.82 Å². The molecule has 1 aromatic rings. The Morgan fingerprint density at radius 3 is 2.07 bits per heavy atom. The highest BCUT2D eigenvalue weighted by atomic mass is 19.1. The molecule has 3 nitrogen and oxygen atoms in total. The third-order valence-electron chi connectivity index (χ3n) is 6.10. The molecule has 1 unspecified atom stereocenters. The van der Waals surface area contributed by atoms with Crippen molar-refractivity contribution in [1.82, 2.24) is 0 Å². The van der Waals surface area contributed by atoms with Crippen molar-refractivity contribution < 1.29 is 13.7 Å². The van der Waals surface area contributed by atoms with E-state index >= 15 is 0 Å². The number of carbonyl (C=O) groups excluding carboxylic acids is 1. The van der Waals surface area contributed by atoms with Gasteiger partial charge in [-0.25, -0.2) is 4.39 Å². The number of anilines is 1. The molecule has 1 atom stereocenters. The number of halogens is 1. The Kier molecular flexibility index (Phi) is 8.93. The number of rotatable bonds is 8. The second-order valence-corrected chi connectivity index (χ2v) is 7.95. The van der Waals surface area contributed by atoms with Gasteiger partial charge in [0.05, 0.1) is 20.1 Å². The maximum Gasteiger partial charge on any atom is 0.285 e. The number of carbonyl (C=O) groups is 1. The second-order valence-electron chi connectivity index (χ2n) is 7.95. The van der Waals surface area contributed by atoms with Gasteiger partial charge in [-0.3, -0.25) is 4.79 Å². The van der Waals surface area contributed by atoms with E-state index in [0.717, 1.165) is 72.9 Å². The van der Waals surface area contributed by atoms with Crippen LogP contribution in [0.2, 0.25) is 0 Å². The normalized spacial score (nSPS) is 17.2. The molecule has 4 heteroatoms. The molecule has 1 saturated carbocycles. The van der Waals surface area contributed by atoms with Crippen molar-refractivity contribution in [3.63, 3.8) is 0 Å². The number of quaternary nitrogens is 1. The molecule has 0 saturated heterocycles. The highest BCUT2D eigenvalue weighted by molar-refractivity contribution is 5.99. The van der Waals surface area contributed by atoms with Crippen LogP contribution < -0.4 is 5.32 Å². The van der Waals surface area contributed by atoms with E-state index in [4.69, 9.17) is 0 Å². The van der Waals surface area contributed by atoms with Crippen LogP contribution in [0.4, 0.5) is 10.1 Å². The van der Waals surface area contributed by atoms with Gasteiger partial charge < -0.3 is 9.80 Å². The molecule has 27 heavy (non-hydrogen) atoms. The van der Waals surface area contributed by atoms with Gasteiger partial charge in [0.15, 0.2) is 5.54 Å². The molecule has 1 aliphatic carbocycles. The van der Waals surface area contributed by atoms with E-state index in [9.17, 15) is 9.18 Å². The molecule has 0 spiro atoms. The van der Waals surface area contributed by atoms with E-state index in [1.54, 1.807) is 0 Å². The molecule has 1 amide bonds. The third-order valence-corrected chi connectivity index (χ3v) is 6.10. The summed E-state index contributed by atoms with van der Waals surface area (Å²) >= 11 is 0. The van der Waals surface area contributed by atoms with Gasteiger partial charge in [0.2, 0.25) is 0 Å². The van der Waals surface area contributed by atoms with Crippen molar-refractivity contribution >= 4 is 11.6 Å². The lowest BCUT2D eigenvalue weighted by molar-refractivity contribution is -0.955. The number of hydrogen-bond acceptors (Lipinski definition) is 1. The van der Waals surface area contributed by atoms with Crippen LogP contribution in [0.15, 0.2) is 12.1 Å². The molecule has 0 heterocycles. The Hall–Kier alpha value is -1.42. The fourth-order valence-electron chi connectivity index (χ4n) is 4.40. The van der Waals surface area contributed by atoms with Crippen LogP contribution in [-0.2, 0) is 4.79 Å². The minimum atomic E-state index is -0.335. The zero-order chi connectivity index (χ0) is 20.7. The third kappa shape index (κ3) is 4.90. The quantitative estimate of drug-likeness (QED) is 0.553. The SMILES string of the molecule is CC.CCCC[N+](C)(CCC)C1(C(=O)Nc2c(C)cc(F)cc2C)CCC1. The molecule has 0 bridgehead atoms. The Labute approximate surface area is 165 Å². The predicted molar refractivity (Wildman–Crippen MR) is 114 cm³/mol. The summed E-state index contributed by atoms with van der Waals surface area (Å²) in [6, 6.07) is 2.99. The van der Waals surface area contributed by atoms with Crippen molar-refractivity contribution in [1.29, 1.82) is 0 Å². The van der Waals surface area contributed by atoms with Gasteiger partial charge in [0.25, 0.3) is 5.91 Å². The lowest BCUT2D eigenvalue weighted by Crippen LogP contribution is -2.71. The standard InChI is InChI=1S/C21H33FN2O.C2H6/c1-6-8-13-24(5,12-7-2)21(10-9-11-21)20(25)23-19-16(3)14-18(22)15-17(19)4;1-2/h14-15H,6-13H2,1-5H3;1-2H3/p+1. The first-order valence-electron chi connectivity index (χ1n) is 10.7. The zero-order valence-electron chi connectivity index (χ0n) is 18.5. The molecule has 154 valence electrons. The summed E-state index contributed by atoms with van der Waals surface area (Å²) in [5.41, 5.74) is 2.02. The van der Waals surface area contributed by atoms with Crippen LogP contribution in [0, 0.1) is 19.7 Å². The van der Waals surface area contributed by atoms with E-state index in [0.29, 0.717) is 0 Å². The largest absolute Gasteiger partial charge is 0.320 e. The first-order chi connectivity index (χ1) is 12.8. The Morgan fingerprint density at radius 1 is 1.11 bits per heavy atom. The van der Waals surface area contributed by atoms with Crippen molar-refractivity contribution in [3.05, 3.63) is 29.1 Å². The maximum absolute atomic E-state index is 13.6. The lowest BCUT2D eigenvalue weighted by Gasteiger charge is -2.54. The molecule has 1 aliphatic rings. The van der Waals surface area contributed by atoms with Crippen molar-refractivity contribution in [2.24, 2.45) is 0 Å². The van der Waals surface area contributed by atoms with Gasteiger partial charge in [-0.05, 0) is 56.4 Å². The Bertz CT molecular complexity index is 602. The van der Waals surface area contributed by atoms with E-state index in [1.165, 1.54) is 12.1 Å². The summed E-state index contributed by atoms with van der Waals surface area (Å²) in [6.45, 7) is 14.2. The summed E-state index contributed by atoms with van der Waals surface area (Å²) in [7, 11) is 2.25. The van der Waals surface area contributed by atoms with Gasteiger partial charge >= 0.3 is 0 Å². The first kappa shape index (κ1) is 23.6. The van der Waals surface area contributed by atoms with Crippen LogP contribution in [0.5, 0.6) is 0 Å². The number of aryl methyl sites for hydroxylation is 2. The summed E-state index contributed by atoms with van der Waals surface area (Å²) in [4.78, 5) is 13.4. The van der Waals surface area contributed by atoms with E-state index in [2.05, 4.69) is 26.2 Å². The minimum Gasteiger partial charge on any atom is -0.320 e. The maximum atomic E-state index is 13.6. The van der Waals surface area contributed by atoms with Gasteiger partial charge in [-0.1, -0.05) is 34.1 Å². The molecule has 0 radical (unpaired) electrons. The monoisotopic (exact) mass is 379 g/mol.